The van der Waals surface area contributed by atoms with Crippen LogP contribution >= 0.6 is 0 Å². The highest BCUT2D eigenvalue weighted by Crippen LogP contribution is 2.26. The molecule has 0 aliphatic rings. The van der Waals surface area contributed by atoms with Gasteiger partial charge in [-0.3, -0.25) is 9.68 Å². The fraction of sp³-hybridized carbons (Fsp3) is 0.158. The average molecular weight is 326 g/mol. The Kier molecular flexibility index (Phi) is 5.73. The average Bonchev–Trinajstić information content (AvgIpc) is 2.60. The van der Waals surface area contributed by atoms with Crippen molar-refractivity contribution in [3.05, 3.63) is 71.3 Å². The van der Waals surface area contributed by atoms with Crippen LogP contribution in [0.5, 0.6) is 11.5 Å². The fourth-order valence-corrected chi connectivity index (χ4v) is 2.04. The summed E-state index contributed by atoms with van der Waals surface area (Å²) in [6, 6.07) is 12.7. The van der Waals surface area contributed by atoms with E-state index in [1.54, 1.807) is 43.3 Å². The molecule has 0 heterocycles. The molecule has 0 fully saturated rings. The summed E-state index contributed by atoms with van der Waals surface area (Å²) in [5, 5.41) is 10.0. The van der Waals surface area contributed by atoms with Gasteiger partial charge in [0.25, 0.3) is 0 Å². The lowest BCUT2D eigenvalue weighted by Crippen LogP contribution is -2.09. The zero-order valence-corrected chi connectivity index (χ0v) is 13.5. The lowest BCUT2D eigenvalue weighted by molar-refractivity contribution is -0.208. The molecule has 24 heavy (non-hydrogen) atoms. The molecule has 0 unspecified atom stereocenters. The number of rotatable bonds is 6. The zero-order chi connectivity index (χ0) is 17.5. The van der Waals surface area contributed by atoms with Crippen LogP contribution in [0.2, 0.25) is 0 Å². The summed E-state index contributed by atoms with van der Waals surface area (Å²) < 4.78 is 0. The third-order valence-electron chi connectivity index (χ3n) is 3.30. The molecule has 0 spiro atoms. The summed E-state index contributed by atoms with van der Waals surface area (Å²) in [6.45, 7) is 3.52. The smallest absolute Gasteiger partial charge is 0.381 e. The Hall–Kier alpha value is -3.08. The second kappa shape index (κ2) is 7.97. The highest BCUT2D eigenvalue weighted by molar-refractivity contribution is 6.10. The number of carbonyl (C=O) groups excluding carboxylic acids is 2. The Balaban J connectivity index is 2.09. The summed E-state index contributed by atoms with van der Waals surface area (Å²) in [5.41, 5.74) is 1.03. The summed E-state index contributed by atoms with van der Waals surface area (Å²) >= 11 is 0. The van der Waals surface area contributed by atoms with Gasteiger partial charge in [0.2, 0.25) is 0 Å². The molecule has 0 aromatic heterocycles. The lowest BCUT2D eigenvalue weighted by atomic mass is 10.0. The van der Waals surface area contributed by atoms with Gasteiger partial charge in [0.1, 0.15) is 5.75 Å². The number of carbonyl (C=O) groups is 2. The molecule has 5 nitrogen and oxygen atoms in total. The predicted octanol–water partition coefficient (Wildman–Crippen LogP) is 3.82. The Morgan fingerprint density at radius 2 is 1.83 bits per heavy atom. The molecular formula is C19H18O5. The Morgan fingerprint density at radius 3 is 2.46 bits per heavy atom. The van der Waals surface area contributed by atoms with Crippen LogP contribution in [-0.2, 0) is 9.68 Å². The van der Waals surface area contributed by atoms with E-state index in [0.717, 1.165) is 0 Å². The standard InChI is InChI=1S/C19H18O5/c1-3-7-13(2)19(22)24-23-15-10-11-16(17(20)12-15)18(21)14-8-5-4-6-9-14/h4-12,20H,3H2,1-2H3. The largest absolute Gasteiger partial charge is 0.507 e. The van der Waals surface area contributed by atoms with Crippen LogP contribution in [0.25, 0.3) is 0 Å². The van der Waals surface area contributed by atoms with E-state index in [9.17, 15) is 14.7 Å². The van der Waals surface area contributed by atoms with Crippen molar-refractivity contribution < 1.29 is 24.5 Å². The molecule has 0 aliphatic heterocycles. The molecule has 0 saturated carbocycles. The van der Waals surface area contributed by atoms with Gasteiger partial charge in [0.05, 0.1) is 5.56 Å². The first kappa shape index (κ1) is 17.3. The Morgan fingerprint density at radius 1 is 1.12 bits per heavy atom. The van der Waals surface area contributed by atoms with E-state index in [2.05, 4.69) is 4.89 Å². The molecule has 0 saturated heterocycles. The molecule has 0 atom stereocenters. The van der Waals surface area contributed by atoms with Crippen LogP contribution in [0.15, 0.2) is 60.2 Å². The van der Waals surface area contributed by atoms with Crippen LogP contribution in [-0.4, -0.2) is 16.9 Å². The predicted molar refractivity (Wildman–Crippen MR) is 88.7 cm³/mol. The van der Waals surface area contributed by atoms with Gasteiger partial charge in [-0.25, -0.2) is 9.68 Å². The SMILES string of the molecule is CCC=C(C)C(=O)OOc1ccc(C(=O)c2ccccc2)c(O)c1. The molecule has 0 amide bonds. The lowest BCUT2D eigenvalue weighted by Gasteiger charge is -2.07. The third kappa shape index (κ3) is 4.23. The quantitative estimate of drug-likeness (QED) is 0.378. The normalized spacial score (nSPS) is 11.0. The van der Waals surface area contributed by atoms with E-state index in [4.69, 9.17) is 4.89 Å². The second-order valence-electron chi connectivity index (χ2n) is 5.12. The first-order valence-corrected chi connectivity index (χ1v) is 7.51. The summed E-state index contributed by atoms with van der Waals surface area (Å²) in [7, 11) is 0. The van der Waals surface area contributed by atoms with E-state index in [-0.39, 0.29) is 22.8 Å². The number of allylic oxidation sites excluding steroid dienone is 1. The molecule has 0 radical (unpaired) electrons. The maximum Gasteiger partial charge on any atom is 0.381 e. The van der Waals surface area contributed by atoms with Crippen LogP contribution < -0.4 is 4.89 Å². The third-order valence-corrected chi connectivity index (χ3v) is 3.30. The minimum Gasteiger partial charge on any atom is -0.507 e. The van der Waals surface area contributed by atoms with Gasteiger partial charge in [-0.15, -0.1) is 0 Å². The number of phenols is 1. The Bertz CT molecular complexity index is 763. The number of aromatic hydroxyl groups is 1. The van der Waals surface area contributed by atoms with Gasteiger partial charge in [0, 0.05) is 17.2 Å². The van der Waals surface area contributed by atoms with Crippen LogP contribution in [0.4, 0.5) is 0 Å². The van der Waals surface area contributed by atoms with Gasteiger partial charge >= 0.3 is 5.97 Å². The van der Waals surface area contributed by atoms with E-state index in [0.29, 0.717) is 17.6 Å². The number of phenolic OH excluding ortho intramolecular Hbond substituents is 1. The Labute approximate surface area is 140 Å². The first-order valence-electron chi connectivity index (χ1n) is 7.51. The summed E-state index contributed by atoms with van der Waals surface area (Å²) in [4.78, 5) is 33.5. The van der Waals surface area contributed by atoms with E-state index in [1.165, 1.54) is 18.2 Å². The highest BCUT2D eigenvalue weighted by Gasteiger charge is 2.15. The van der Waals surface area contributed by atoms with Crippen molar-refractivity contribution in [2.24, 2.45) is 0 Å². The van der Waals surface area contributed by atoms with E-state index < -0.39 is 5.97 Å². The van der Waals surface area contributed by atoms with Gasteiger partial charge in [0.15, 0.2) is 11.5 Å². The van der Waals surface area contributed by atoms with Gasteiger partial charge in [-0.2, -0.15) is 0 Å². The highest BCUT2D eigenvalue weighted by atomic mass is 17.2. The maximum absolute atomic E-state index is 12.3. The van der Waals surface area contributed by atoms with Crippen molar-refractivity contribution in [1.82, 2.24) is 0 Å². The van der Waals surface area contributed by atoms with E-state index >= 15 is 0 Å². The molecule has 2 aromatic carbocycles. The maximum atomic E-state index is 12.3. The molecule has 0 aliphatic carbocycles. The van der Waals surface area contributed by atoms with Crippen molar-refractivity contribution >= 4 is 11.8 Å². The van der Waals surface area contributed by atoms with E-state index in [1.807, 2.05) is 6.92 Å². The van der Waals surface area contributed by atoms with Gasteiger partial charge in [-0.05, 0) is 25.5 Å². The molecule has 0 bridgehead atoms. The minimum atomic E-state index is -0.610. The van der Waals surface area contributed by atoms with Crippen LogP contribution in [0.1, 0.15) is 36.2 Å². The molecule has 124 valence electrons. The molecule has 1 N–H and O–H groups in total. The summed E-state index contributed by atoms with van der Waals surface area (Å²) in [6.07, 6.45) is 2.42. The molecule has 5 heteroatoms. The zero-order valence-electron chi connectivity index (χ0n) is 13.5. The number of hydrogen-bond donors (Lipinski definition) is 1. The van der Waals surface area contributed by atoms with Crippen molar-refractivity contribution in [2.75, 3.05) is 0 Å². The first-order chi connectivity index (χ1) is 11.5. The van der Waals surface area contributed by atoms with Gasteiger partial charge < -0.3 is 5.11 Å². The molecule has 2 rings (SSSR count). The number of benzene rings is 2. The summed E-state index contributed by atoms with van der Waals surface area (Å²) in [5.74, 6) is -1.05. The second-order valence-corrected chi connectivity index (χ2v) is 5.12. The monoisotopic (exact) mass is 326 g/mol. The fourth-order valence-electron chi connectivity index (χ4n) is 2.04. The van der Waals surface area contributed by atoms with Crippen molar-refractivity contribution in [3.63, 3.8) is 0 Å². The molecule has 2 aromatic rings. The van der Waals surface area contributed by atoms with Gasteiger partial charge in [-0.1, -0.05) is 43.3 Å². The van der Waals surface area contributed by atoms with Crippen molar-refractivity contribution in [1.29, 1.82) is 0 Å². The van der Waals surface area contributed by atoms with Crippen molar-refractivity contribution in [3.8, 4) is 11.5 Å². The minimum absolute atomic E-state index is 0.120. The number of hydrogen-bond acceptors (Lipinski definition) is 5. The van der Waals surface area contributed by atoms with Crippen molar-refractivity contribution in [2.45, 2.75) is 20.3 Å². The van der Waals surface area contributed by atoms with Crippen LogP contribution in [0.3, 0.4) is 0 Å². The molecular weight excluding hydrogens is 308 g/mol. The topological polar surface area (TPSA) is 72.8 Å². The van der Waals surface area contributed by atoms with Crippen LogP contribution in [0, 0.1) is 0 Å². The number of ketones is 1.